The first-order chi connectivity index (χ1) is 15.3. The number of hydrogen-bond donors (Lipinski definition) is 0. The highest BCUT2D eigenvalue weighted by molar-refractivity contribution is 7.16. The lowest BCUT2D eigenvalue weighted by Gasteiger charge is -2.36. The maximum atomic E-state index is 2.37. The quantitative estimate of drug-likeness (QED) is 0.302. The molecule has 1 aliphatic rings. The van der Waals surface area contributed by atoms with Gasteiger partial charge >= 0.3 is 0 Å². The Hall–Kier alpha value is -3.42. The highest BCUT2D eigenvalue weighted by atomic mass is 28.3. The van der Waals surface area contributed by atoms with E-state index in [9.17, 15) is 0 Å². The highest BCUT2D eigenvalue weighted by Crippen LogP contribution is 2.34. The van der Waals surface area contributed by atoms with E-state index >= 15 is 0 Å². The van der Waals surface area contributed by atoms with Gasteiger partial charge in [-0.25, -0.2) is 0 Å². The number of allylic oxidation sites excluding steroid dienone is 4. The van der Waals surface area contributed by atoms with Crippen LogP contribution in [-0.4, -0.2) is 8.07 Å². The highest BCUT2D eigenvalue weighted by Gasteiger charge is 2.44. The second-order valence-electron chi connectivity index (χ2n) is 8.21. The molecule has 4 aromatic carbocycles. The summed E-state index contributed by atoms with van der Waals surface area (Å²) in [6.07, 6.45) is 5.68. The number of hydrogen-bond acceptors (Lipinski definition) is 0. The van der Waals surface area contributed by atoms with Gasteiger partial charge in [-0.05, 0) is 40.0 Å². The maximum Gasteiger partial charge on any atom is 0.176 e. The van der Waals surface area contributed by atoms with E-state index < -0.39 is 8.07 Å². The minimum atomic E-state index is -2.44. The molecule has 0 aromatic heterocycles. The molecule has 1 heteroatoms. The van der Waals surface area contributed by atoms with Crippen LogP contribution in [-0.2, 0) is 0 Å². The molecule has 0 saturated heterocycles. The van der Waals surface area contributed by atoms with Gasteiger partial charge in [0, 0.05) is 0 Å². The zero-order valence-corrected chi connectivity index (χ0v) is 18.8. The average molecular weight is 415 g/mol. The minimum Gasteiger partial charge on any atom is -0.0802 e. The molecule has 4 aromatic rings. The third kappa shape index (κ3) is 3.41. The lowest BCUT2D eigenvalue weighted by atomic mass is 10.1. The second kappa shape index (κ2) is 8.37. The van der Waals surface area contributed by atoms with Gasteiger partial charge in [-0.1, -0.05) is 138 Å². The van der Waals surface area contributed by atoms with Crippen molar-refractivity contribution in [2.45, 2.75) is 13.3 Å². The Balaban J connectivity index is 1.90. The summed E-state index contributed by atoms with van der Waals surface area (Å²) in [7, 11) is -2.44. The van der Waals surface area contributed by atoms with Crippen molar-refractivity contribution >= 4 is 29.2 Å². The maximum absolute atomic E-state index is 2.44. The predicted octanol–water partition coefficient (Wildman–Crippen LogP) is 5.42. The molecule has 0 spiro atoms. The van der Waals surface area contributed by atoms with Gasteiger partial charge in [-0.2, -0.15) is 0 Å². The molecule has 0 bridgehead atoms. The van der Waals surface area contributed by atoms with Gasteiger partial charge in [0.05, 0.1) is 0 Å². The Labute approximate surface area is 186 Å². The topological polar surface area (TPSA) is 0 Å². The van der Waals surface area contributed by atoms with Crippen molar-refractivity contribution < 1.29 is 0 Å². The van der Waals surface area contributed by atoms with E-state index in [0.717, 1.165) is 6.42 Å². The van der Waals surface area contributed by atoms with Crippen molar-refractivity contribution in [1.82, 2.24) is 0 Å². The van der Waals surface area contributed by atoms with Crippen LogP contribution in [0.5, 0.6) is 0 Å². The molecule has 5 rings (SSSR count). The second-order valence-corrected chi connectivity index (χ2v) is 12.0. The van der Waals surface area contributed by atoms with E-state index in [-0.39, 0.29) is 0 Å². The predicted molar refractivity (Wildman–Crippen MR) is 136 cm³/mol. The molecule has 0 saturated carbocycles. The van der Waals surface area contributed by atoms with Crippen molar-refractivity contribution in [3.05, 3.63) is 144 Å². The van der Waals surface area contributed by atoms with Crippen LogP contribution in [0.1, 0.15) is 17.5 Å². The fraction of sp³-hybridized carbons (Fsp3) is 0.0667. The molecule has 0 amide bonds. The molecule has 0 heterocycles. The van der Waals surface area contributed by atoms with Crippen molar-refractivity contribution in [3.63, 3.8) is 0 Å². The van der Waals surface area contributed by atoms with Gasteiger partial charge in [-0.3, -0.25) is 0 Å². The van der Waals surface area contributed by atoms with Gasteiger partial charge in [0.25, 0.3) is 0 Å². The summed E-state index contributed by atoms with van der Waals surface area (Å²) in [6, 6.07) is 42.6. The van der Waals surface area contributed by atoms with Gasteiger partial charge < -0.3 is 0 Å². The van der Waals surface area contributed by atoms with E-state index in [1.54, 1.807) is 5.20 Å². The normalized spacial score (nSPS) is 13.6. The number of benzene rings is 4. The van der Waals surface area contributed by atoms with Crippen LogP contribution in [0, 0.1) is 6.92 Å². The first-order valence-corrected chi connectivity index (χ1v) is 12.9. The Bertz CT molecular complexity index is 1180. The van der Waals surface area contributed by atoms with Gasteiger partial charge in [0.1, 0.15) is 0 Å². The number of rotatable bonds is 5. The van der Waals surface area contributed by atoms with E-state index in [1.165, 1.54) is 32.3 Å². The zero-order chi connectivity index (χ0) is 21.1. The molecular formula is C30H26Si. The summed E-state index contributed by atoms with van der Waals surface area (Å²) in [4.78, 5) is 0. The van der Waals surface area contributed by atoms with Gasteiger partial charge in [-0.15, -0.1) is 0 Å². The van der Waals surface area contributed by atoms with Crippen molar-refractivity contribution in [3.8, 4) is 0 Å². The monoisotopic (exact) mass is 414 g/mol. The van der Waals surface area contributed by atoms with Crippen LogP contribution in [0.4, 0.5) is 0 Å². The zero-order valence-electron chi connectivity index (χ0n) is 17.8. The fourth-order valence-corrected chi connectivity index (χ4v) is 10.1. The Morgan fingerprint density at radius 2 is 1.03 bits per heavy atom. The Kier molecular flexibility index (Phi) is 5.27. The summed E-state index contributed by atoms with van der Waals surface area (Å²) >= 11 is 0. The van der Waals surface area contributed by atoms with Crippen LogP contribution in [0.15, 0.2) is 133 Å². The van der Waals surface area contributed by atoms with E-state index in [2.05, 4.69) is 134 Å². The SMILES string of the molecule is Cc1ccc([Si](C2=C(c3ccccc3)C=CC2)(c2ccccc2)c2ccccc2)cc1. The fourth-order valence-electron chi connectivity index (χ4n) is 4.95. The minimum absolute atomic E-state index is 0.994. The standard InChI is InChI=1S/C30H26Si/c1-24-20-22-28(23-21-24)31(26-14-7-3-8-15-26,27-16-9-4-10-17-27)30-19-11-18-29(30)25-12-5-2-6-13-25/h2-18,20-23H,19H2,1H3. The molecule has 0 N–H and O–H groups in total. The third-order valence-electron chi connectivity index (χ3n) is 6.37. The van der Waals surface area contributed by atoms with Crippen LogP contribution in [0.25, 0.3) is 5.57 Å². The lowest BCUT2D eigenvalue weighted by molar-refractivity contribution is 1.37. The molecule has 0 radical (unpaired) electrons. The molecule has 0 unspecified atom stereocenters. The molecule has 0 nitrogen and oxygen atoms in total. The van der Waals surface area contributed by atoms with Crippen LogP contribution >= 0.6 is 0 Å². The third-order valence-corrected chi connectivity index (χ3v) is 11.3. The van der Waals surface area contributed by atoms with Crippen molar-refractivity contribution in [2.24, 2.45) is 0 Å². The summed E-state index contributed by atoms with van der Waals surface area (Å²) in [5, 5.41) is 5.90. The van der Waals surface area contributed by atoms with Gasteiger partial charge in [0.2, 0.25) is 0 Å². The Morgan fingerprint density at radius 1 is 0.548 bits per heavy atom. The van der Waals surface area contributed by atoms with E-state index in [4.69, 9.17) is 0 Å². The summed E-state index contributed by atoms with van der Waals surface area (Å²) < 4.78 is 0. The van der Waals surface area contributed by atoms with Crippen LogP contribution in [0.3, 0.4) is 0 Å². The molecule has 0 aliphatic heterocycles. The average Bonchev–Trinajstić information content (AvgIpc) is 3.33. The van der Waals surface area contributed by atoms with Crippen LogP contribution < -0.4 is 15.6 Å². The number of aryl methyl sites for hydroxylation is 1. The molecule has 0 fully saturated rings. The van der Waals surface area contributed by atoms with Crippen molar-refractivity contribution in [2.75, 3.05) is 0 Å². The van der Waals surface area contributed by atoms with Crippen LogP contribution in [0.2, 0.25) is 0 Å². The summed E-state index contributed by atoms with van der Waals surface area (Å²) in [5.74, 6) is 0. The Morgan fingerprint density at radius 3 is 1.58 bits per heavy atom. The molecular weight excluding hydrogens is 388 g/mol. The molecule has 31 heavy (non-hydrogen) atoms. The first-order valence-electron chi connectivity index (χ1n) is 10.9. The van der Waals surface area contributed by atoms with E-state index in [1.807, 2.05) is 0 Å². The smallest absolute Gasteiger partial charge is 0.0802 e. The van der Waals surface area contributed by atoms with Crippen molar-refractivity contribution in [1.29, 1.82) is 0 Å². The first kappa shape index (κ1) is 19.5. The summed E-state index contributed by atoms with van der Waals surface area (Å²) in [6.45, 7) is 2.17. The van der Waals surface area contributed by atoms with Gasteiger partial charge in [0.15, 0.2) is 8.07 Å². The largest absolute Gasteiger partial charge is 0.176 e. The lowest BCUT2D eigenvalue weighted by Crippen LogP contribution is -2.68. The molecule has 150 valence electrons. The molecule has 0 atom stereocenters. The molecule has 1 aliphatic carbocycles. The van der Waals surface area contributed by atoms with E-state index in [0.29, 0.717) is 0 Å². The summed E-state index contributed by atoms with van der Waals surface area (Å²) in [5.41, 5.74) is 4.00.